The van der Waals surface area contributed by atoms with E-state index in [1.54, 1.807) is 6.07 Å². The predicted octanol–water partition coefficient (Wildman–Crippen LogP) is 3.95. The van der Waals surface area contributed by atoms with E-state index in [1.165, 1.54) is 0 Å². The molecule has 0 amide bonds. The van der Waals surface area contributed by atoms with Gasteiger partial charge in [-0.25, -0.2) is 0 Å². The fourth-order valence-corrected chi connectivity index (χ4v) is 3.18. The van der Waals surface area contributed by atoms with Gasteiger partial charge in [0.15, 0.2) is 0 Å². The largest absolute Gasteiger partial charge is 0.393 e. The maximum absolute atomic E-state index is 9.67. The van der Waals surface area contributed by atoms with Crippen molar-refractivity contribution in [1.29, 1.82) is 0 Å². The molecule has 0 radical (unpaired) electrons. The van der Waals surface area contributed by atoms with Gasteiger partial charge in [0.2, 0.25) is 0 Å². The Kier molecular flexibility index (Phi) is 4.91. The van der Waals surface area contributed by atoms with Gasteiger partial charge in [0, 0.05) is 22.1 Å². The van der Waals surface area contributed by atoms with Crippen molar-refractivity contribution >= 4 is 23.2 Å². The lowest BCUT2D eigenvalue weighted by Crippen LogP contribution is -2.37. The summed E-state index contributed by atoms with van der Waals surface area (Å²) in [5.74, 6) is 0. The van der Waals surface area contributed by atoms with Crippen molar-refractivity contribution in [2.45, 2.75) is 50.8 Å². The van der Waals surface area contributed by atoms with Crippen LogP contribution in [-0.2, 0) is 0 Å². The molecule has 2 rings (SSSR count). The van der Waals surface area contributed by atoms with E-state index >= 15 is 0 Å². The van der Waals surface area contributed by atoms with E-state index in [1.807, 2.05) is 12.1 Å². The Morgan fingerprint density at radius 3 is 2.78 bits per heavy atom. The molecule has 4 heteroatoms. The Morgan fingerprint density at radius 1 is 1.33 bits per heavy atom. The minimum Gasteiger partial charge on any atom is -0.393 e. The highest BCUT2D eigenvalue weighted by Crippen LogP contribution is 2.28. The average Bonchev–Trinajstić information content (AvgIpc) is 2.28. The quantitative estimate of drug-likeness (QED) is 0.882. The van der Waals surface area contributed by atoms with Gasteiger partial charge in [-0.05, 0) is 50.3 Å². The second-order valence-corrected chi connectivity index (χ2v) is 5.92. The molecule has 0 bridgehead atoms. The zero-order valence-electron chi connectivity index (χ0n) is 10.5. The fourth-order valence-electron chi connectivity index (χ4n) is 2.61. The maximum atomic E-state index is 9.67. The molecule has 1 fully saturated rings. The van der Waals surface area contributed by atoms with E-state index in [4.69, 9.17) is 23.2 Å². The summed E-state index contributed by atoms with van der Waals surface area (Å²) in [5.41, 5.74) is 1.06. The second kappa shape index (κ2) is 6.25. The molecule has 1 aliphatic carbocycles. The van der Waals surface area contributed by atoms with Crippen LogP contribution in [0.15, 0.2) is 18.2 Å². The Morgan fingerprint density at radius 2 is 2.11 bits per heavy atom. The minimum absolute atomic E-state index is 0.163. The molecule has 0 heterocycles. The molecule has 1 saturated carbocycles. The molecule has 1 aromatic carbocycles. The van der Waals surface area contributed by atoms with Crippen molar-refractivity contribution in [3.05, 3.63) is 33.8 Å². The van der Waals surface area contributed by atoms with Crippen LogP contribution in [0.4, 0.5) is 0 Å². The summed E-state index contributed by atoms with van der Waals surface area (Å²) in [6.07, 6.45) is 3.79. The van der Waals surface area contributed by atoms with Gasteiger partial charge < -0.3 is 10.4 Å². The molecular weight excluding hydrogens is 269 g/mol. The van der Waals surface area contributed by atoms with Gasteiger partial charge in [-0.1, -0.05) is 29.3 Å². The third kappa shape index (κ3) is 3.61. The van der Waals surface area contributed by atoms with E-state index in [2.05, 4.69) is 12.2 Å². The highest BCUT2D eigenvalue weighted by molar-refractivity contribution is 6.35. The lowest BCUT2D eigenvalue weighted by atomic mass is 9.92. The van der Waals surface area contributed by atoms with Crippen LogP contribution in [0.5, 0.6) is 0 Å². The van der Waals surface area contributed by atoms with Crippen LogP contribution in [0.3, 0.4) is 0 Å². The summed E-state index contributed by atoms with van der Waals surface area (Å²) in [4.78, 5) is 0. The standard InChI is InChI=1S/C14H19Cl2NO/c1-9(13-6-5-10(15)7-14(13)16)17-11-3-2-4-12(18)8-11/h5-7,9,11-12,17-18H,2-4,8H2,1H3. The van der Waals surface area contributed by atoms with Crippen LogP contribution in [0.1, 0.15) is 44.2 Å². The average molecular weight is 288 g/mol. The van der Waals surface area contributed by atoms with Crippen molar-refractivity contribution < 1.29 is 5.11 Å². The van der Waals surface area contributed by atoms with E-state index in [0.29, 0.717) is 16.1 Å². The number of hydrogen-bond donors (Lipinski definition) is 2. The van der Waals surface area contributed by atoms with Crippen LogP contribution in [-0.4, -0.2) is 17.3 Å². The lowest BCUT2D eigenvalue weighted by Gasteiger charge is -2.30. The Bertz CT molecular complexity index is 411. The number of nitrogens with one attached hydrogen (secondary N) is 1. The zero-order chi connectivity index (χ0) is 13.1. The first-order valence-corrected chi connectivity index (χ1v) is 7.21. The lowest BCUT2D eigenvalue weighted by molar-refractivity contribution is 0.109. The van der Waals surface area contributed by atoms with Gasteiger partial charge in [0.25, 0.3) is 0 Å². The van der Waals surface area contributed by atoms with Crippen LogP contribution < -0.4 is 5.32 Å². The monoisotopic (exact) mass is 287 g/mol. The first-order chi connectivity index (χ1) is 8.56. The van der Waals surface area contributed by atoms with Crippen LogP contribution in [0.2, 0.25) is 10.0 Å². The van der Waals surface area contributed by atoms with E-state index < -0.39 is 0 Å². The van der Waals surface area contributed by atoms with Crippen molar-refractivity contribution in [2.75, 3.05) is 0 Å². The molecule has 0 saturated heterocycles. The van der Waals surface area contributed by atoms with Crippen LogP contribution in [0, 0.1) is 0 Å². The van der Waals surface area contributed by atoms with Crippen LogP contribution in [0.25, 0.3) is 0 Å². The normalized spacial score (nSPS) is 26.0. The molecule has 0 spiro atoms. The van der Waals surface area contributed by atoms with E-state index in [0.717, 1.165) is 31.2 Å². The fraction of sp³-hybridized carbons (Fsp3) is 0.571. The number of benzene rings is 1. The predicted molar refractivity (Wildman–Crippen MR) is 76.3 cm³/mol. The van der Waals surface area contributed by atoms with Gasteiger partial charge in [0.1, 0.15) is 0 Å². The first-order valence-electron chi connectivity index (χ1n) is 6.45. The number of halogens is 2. The van der Waals surface area contributed by atoms with E-state index in [-0.39, 0.29) is 12.1 Å². The van der Waals surface area contributed by atoms with Gasteiger partial charge in [-0.2, -0.15) is 0 Å². The van der Waals surface area contributed by atoms with Crippen molar-refractivity contribution in [3.8, 4) is 0 Å². The molecule has 0 aromatic heterocycles. The Labute approximate surface area is 118 Å². The van der Waals surface area contributed by atoms with Crippen molar-refractivity contribution in [3.63, 3.8) is 0 Å². The molecule has 3 unspecified atom stereocenters. The van der Waals surface area contributed by atoms with E-state index in [9.17, 15) is 5.11 Å². The van der Waals surface area contributed by atoms with Gasteiger partial charge >= 0.3 is 0 Å². The molecule has 2 nitrogen and oxygen atoms in total. The third-order valence-electron chi connectivity index (χ3n) is 3.56. The minimum atomic E-state index is -0.163. The molecule has 0 aliphatic heterocycles. The molecule has 1 aromatic rings. The molecule has 3 atom stereocenters. The number of aliphatic hydroxyl groups is 1. The second-order valence-electron chi connectivity index (χ2n) is 5.07. The zero-order valence-corrected chi connectivity index (χ0v) is 12.0. The summed E-state index contributed by atoms with van der Waals surface area (Å²) in [6.45, 7) is 2.09. The topological polar surface area (TPSA) is 32.3 Å². The molecular formula is C14H19Cl2NO. The molecule has 1 aliphatic rings. The third-order valence-corrected chi connectivity index (χ3v) is 4.12. The number of rotatable bonds is 3. The van der Waals surface area contributed by atoms with Gasteiger partial charge in [0.05, 0.1) is 6.10 Å². The number of hydrogen-bond acceptors (Lipinski definition) is 2. The van der Waals surface area contributed by atoms with Gasteiger partial charge in [-0.15, -0.1) is 0 Å². The van der Waals surface area contributed by atoms with Crippen LogP contribution >= 0.6 is 23.2 Å². The maximum Gasteiger partial charge on any atom is 0.0555 e. The Balaban J connectivity index is 2.00. The summed E-state index contributed by atoms with van der Waals surface area (Å²) < 4.78 is 0. The highest BCUT2D eigenvalue weighted by atomic mass is 35.5. The Hall–Kier alpha value is -0.280. The SMILES string of the molecule is CC(NC1CCCC(O)C1)c1ccc(Cl)cc1Cl. The summed E-state index contributed by atoms with van der Waals surface area (Å²) in [6, 6.07) is 6.13. The highest BCUT2D eigenvalue weighted by Gasteiger charge is 2.22. The summed E-state index contributed by atoms with van der Waals surface area (Å²) >= 11 is 12.1. The molecule has 2 N–H and O–H groups in total. The van der Waals surface area contributed by atoms with Crippen molar-refractivity contribution in [2.24, 2.45) is 0 Å². The number of aliphatic hydroxyl groups excluding tert-OH is 1. The van der Waals surface area contributed by atoms with Crippen molar-refractivity contribution in [1.82, 2.24) is 5.32 Å². The molecule has 100 valence electrons. The van der Waals surface area contributed by atoms with Gasteiger partial charge in [-0.3, -0.25) is 0 Å². The molecule has 18 heavy (non-hydrogen) atoms. The smallest absolute Gasteiger partial charge is 0.0555 e. The summed E-state index contributed by atoms with van der Waals surface area (Å²) in [5, 5.41) is 14.6. The first kappa shape index (κ1) is 14.1. The summed E-state index contributed by atoms with van der Waals surface area (Å²) in [7, 11) is 0.